The predicted molar refractivity (Wildman–Crippen MR) is 62.6 cm³/mol. The highest BCUT2D eigenvalue weighted by Crippen LogP contribution is 2.23. The fraction of sp³-hybridized carbons (Fsp3) is 0.333. The smallest absolute Gasteiger partial charge is 0.136 e. The molecule has 0 N–H and O–H groups in total. The van der Waals surface area contributed by atoms with Crippen LogP contribution in [-0.2, 0) is 4.74 Å². The van der Waals surface area contributed by atoms with Crippen molar-refractivity contribution < 1.29 is 4.74 Å². The SMILES string of the molecule is c1cc2c(N3CCOCC3)nccc2cn1. The summed E-state index contributed by atoms with van der Waals surface area (Å²) in [7, 11) is 0. The number of aromatic nitrogens is 2. The molecule has 1 aliphatic rings. The monoisotopic (exact) mass is 215 g/mol. The molecule has 1 fully saturated rings. The average Bonchev–Trinajstić information content (AvgIpc) is 2.39. The summed E-state index contributed by atoms with van der Waals surface area (Å²) in [4.78, 5) is 10.9. The van der Waals surface area contributed by atoms with Gasteiger partial charge in [0, 0.05) is 42.5 Å². The average molecular weight is 215 g/mol. The van der Waals surface area contributed by atoms with Gasteiger partial charge in [0.15, 0.2) is 0 Å². The van der Waals surface area contributed by atoms with Gasteiger partial charge in [0.25, 0.3) is 0 Å². The van der Waals surface area contributed by atoms with Crippen LogP contribution in [0, 0.1) is 0 Å². The van der Waals surface area contributed by atoms with E-state index in [9.17, 15) is 0 Å². The van der Waals surface area contributed by atoms with Gasteiger partial charge in [-0.3, -0.25) is 4.98 Å². The second-order valence-corrected chi connectivity index (χ2v) is 3.83. The number of fused-ring (bicyclic) bond motifs is 1. The molecule has 0 aromatic carbocycles. The number of hydrogen-bond donors (Lipinski definition) is 0. The van der Waals surface area contributed by atoms with Crippen LogP contribution in [0.2, 0.25) is 0 Å². The van der Waals surface area contributed by atoms with Crippen LogP contribution in [0.25, 0.3) is 10.8 Å². The molecule has 0 radical (unpaired) electrons. The van der Waals surface area contributed by atoms with Crippen LogP contribution in [0.3, 0.4) is 0 Å². The molecule has 4 heteroatoms. The highest BCUT2D eigenvalue weighted by atomic mass is 16.5. The van der Waals surface area contributed by atoms with E-state index in [-0.39, 0.29) is 0 Å². The van der Waals surface area contributed by atoms with Crippen molar-refractivity contribution in [2.75, 3.05) is 31.2 Å². The Kier molecular flexibility index (Phi) is 2.42. The first-order chi connectivity index (χ1) is 7.95. The Morgan fingerprint density at radius 3 is 2.88 bits per heavy atom. The molecule has 3 rings (SSSR count). The first-order valence-corrected chi connectivity index (χ1v) is 5.46. The molecule has 0 saturated carbocycles. The highest BCUT2D eigenvalue weighted by Gasteiger charge is 2.14. The Bertz CT molecular complexity index is 489. The van der Waals surface area contributed by atoms with Gasteiger partial charge >= 0.3 is 0 Å². The molecule has 3 heterocycles. The molecule has 0 unspecified atom stereocenters. The van der Waals surface area contributed by atoms with E-state index in [0.29, 0.717) is 0 Å². The fourth-order valence-electron chi connectivity index (χ4n) is 2.03. The van der Waals surface area contributed by atoms with E-state index >= 15 is 0 Å². The van der Waals surface area contributed by atoms with Crippen LogP contribution in [0.5, 0.6) is 0 Å². The van der Waals surface area contributed by atoms with Crippen LogP contribution in [0.4, 0.5) is 5.82 Å². The minimum Gasteiger partial charge on any atom is -0.378 e. The van der Waals surface area contributed by atoms with E-state index in [4.69, 9.17) is 4.74 Å². The molecule has 0 atom stereocenters. The lowest BCUT2D eigenvalue weighted by Gasteiger charge is -2.28. The Morgan fingerprint density at radius 1 is 1.12 bits per heavy atom. The van der Waals surface area contributed by atoms with E-state index in [0.717, 1.165) is 37.5 Å². The predicted octanol–water partition coefficient (Wildman–Crippen LogP) is 1.47. The molecule has 4 nitrogen and oxygen atoms in total. The molecular formula is C12H13N3O. The molecule has 0 bridgehead atoms. The summed E-state index contributed by atoms with van der Waals surface area (Å²) < 4.78 is 5.35. The van der Waals surface area contributed by atoms with Gasteiger partial charge in [0.05, 0.1) is 13.2 Å². The lowest BCUT2D eigenvalue weighted by atomic mass is 10.2. The Balaban J connectivity index is 2.08. The zero-order valence-electron chi connectivity index (χ0n) is 8.97. The van der Waals surface area contributed by atoms with Crippen molar-refractivity contribution in [3.63, 3.8) is 0 Å². The number of ether oxygens (including phenoxy) is 1. The van der Waals surface area contributed by atoms with Gasteiger partial charge in [0.2, 0.25) is 0 Å². The van der Waals surface area contributed by atoms with Gasteiger partial charge in [-0.15, -0.1) is 0 Å². The minimum atomic E-state index is 0.781. The van der Waals surface area contributed by atoms with Crippen molar-refractivity contribution in [2.24, 2.45) is 0 Å². The van der Waals surface area contributed by atoms with Crippen molar-refractivity contribution in [1.29, 1.82) is 0 Å². The normalized spacial score (nSPS) is 16.6. The van der Waals surface area contributed by atoms with Gasteiger partial charge in [0.1, 0.15) is 5.82 Å². The van der Waals surface area contributed by atoms with Crippen LogP contribution in [0.15, 0.2) is 30.7 Å². The van der Waals surface area contributed by atoms with Crippen molar-refractivity contribution in [3.8, 4) is 0 Å². The van der Waals surface area contributed by atoms with E-state index in [2.05, 4.69) is 14.9 Å². The fourth-order valence-corrected chi connectivity index (χ4v) is 2.03. The quantitative estimate of drug-likeness (QED) is 0.722. The molecule has 82 valence electrons. The minimum absolute atomic E-state index is 0.781. The molecule has 2 aromatic rings. The topological polar surface area (TPSA) is 38.2 Å². The molecule has 0 aliphatic carbocycles. The number of hydrogen-bond acceptors (Lipinski definition) is 4. The van der Waals surface area contributed by atoms with Gasteiger partial charge in [-0.2, -0.15) is 0 Å². The number of anilines is 1. The van der Waals surface area contributed by atoms with Gasteiger partial charge in [-0.1, -0.05) is 0 Å². The first-order valence-electron chi connectivity index (χ1n) is 5.46. The summed E-state index contributed by atoms with van der Waals surface area (Å²) in [5, 5.41) is 2.30. The summed E-state index contributed by atoms with van der Waals surface area (Å²) in [5.41, 5.74) is 0. The van der Waals surface area contributed by atoms with E-state index in [1.54, 1.807) is 0 Å². The van der Waals surface area contributed by atoms with Crippen LogP contribution >= 0.6 is 0 Å². The van der Waals surface area contributed by atoms with Crippen molar-refractivity contribution >= 4 is 16.6 Å². The zero-order valence-corrected chi connectivity index (χ0v) is 8.97. The van der Waals surface area contributed by atoms with E-state index in [1.165, 1.54) is 5.39 Å². The Morgan fingerprint density at radius 2 is 2.00 bits per heavy atom. The van der Waals surface area contributed by atoms with Crippen molar-refractivity contribution in [2.45, 2.75) is 0 Å². The molecule has 0 amide bonds. The molecule has 2 aromatic heterocycles. The molecular weight excluding hydrogens is 202 g/mol. The van der Waals surface area contributed by atoms with Crippen molar-refractivity contribution in [1.82, 2.24) is 9.97 Å². The maximum atomic E-state index is 5.35. The maximum absolute atomic E-state index is 5.35. The lowest BCUT2D eigenvalue weighted by molar-refractivity contribution is 0.122. The van der Waals surface area contributed by atoms with Crippen LogP contribution < -0.4 is 4.90 Å². The van der Waals surface area contributed by atoms with E-state index in [1.807, 2.05) is 30.7 Å². The highest BCUT2D eigenvalue weighted by molar-refractivity contribution is 5.91. The maximum Gasteiger partial charge on any atom is 0.136 e. The number of morpholine rings is 1. The summed E-state index contributed by atoms with van der Waals surface area (Å²) in [6.45, 7) is 3.38. The van der Waals surface area contributed by atoms with Gasteiger partial charge in [-0.25, -0.2) is 4.98 Å². The number of nitrogens with zero attached hydrogens (tertiary/aromatic N) is 3. The first kappa shape index (κ1) is 9.54. The molecule has 1 saturated heterocycles. The zero-order chi connectivity index (χ0) is 10.8. The summed E-state index contributed by atoms with van der Waals surface area (Å²) in [5.74, 6) is 1.04. The second-order valence-electron chi connectivity index (χ2n) is 3.83. The third-order valence-electron chi connectivity index (χ3n) is 2.85. The molecule has 0 spiro atoms. The summed E-state index contributed by atoms with van der Waals surface area (Å²) in [6.07, 6.45) is 5.53. The van der Waals surface area contributed by atoms with E-state index < -0.39 is 0 Å². The Hall–Kier alpha value is -1.68. The molecule has 16 heavy (non-hydrogen) atoms. The lowest BCUT2D eigenvalue weighted by Crippen LogP contribution is -2.36. The van der Waals surface area contributed by atoms with Crippen LogP contribution in [-0.4, -0.2) is 36.3 Å². The largest absolute Gasteiger partial charge is 0.378 e. The summed E-state index contributed by atoms with van der Waals surface area (Å²) >= 11 is 0. The standard InChI is InChI=1S/C12H13N3O/c1-4-14-12(15-5-7-16-8-6-15)11-2-3-13-9-10(1)11/h1-4,9H,5-8H2. The van der Waals surface area contributed by atoms with Crippen LogP contribution in [0.1, 0.15) is 0 Å². The van der Waals surface area contributed by atoms with Gasteiger partial charge < -0.3 is 9.64 Å². The molecule has 1 aliphatic heterocycles. The Labute approximate surface area is 93.9 Å². The van der Waals surface area contributed by atoms with Crippen molar-refractivity contribution in [3.05, 3.63) is 30.7 Å². The second kappa shape index (κ2) is 4.06. The van der Waals surface area contributed by atoms with Gasteiger partial charge in [-0.05, 0) is 12.1 Å². The third-order valence-corrected chi connectivity index (χ3v) is 2.85. The summed E-state index contributed by atoms with van der Waals surface area (Å²) in [6, 6.07) is 4.01. The third kappa shape index (κ3) is 1.61. The number of pyridine rings is 2. The number of rotatable bonds is 1.